The second kappa shape index (κ2) is 7.56. The highest BCUT2D eigenvalue weighted by atomic mass is 79.9. The third-order valence-electron chi connectivity index (χ3n) is 5.85. The van der Waals surface area contributed by atoms with Crippen LogP contribution in [0, 0.1) is 0 Å². The molecular formula is C25H14Br2Cl2O2. The van der Waals surface area contributed by atoms with Crippen LogP contribution in [0.4, 0.5) is 0 Å². The molecule has 154 valence electrons. The first-order valence-corrected chi connectivity index (χ1v) is 11.8. The molecule has 5 rings (SSSR count). The standard InChI is InChI=1S/C25H14Br2Cl2O2/c26-18-8-7-16-15-3-1-2-4-17(15)25(23(16)24(18)27,13-5-9-21(30)19(28)11-13)14-6-10-22(31)20(29)12-14/h1-12,30-31H. The third kappa shape index (κ3) is 2.96. The van der Waals surface area contributed by atoms with Gasteiger partial charge in [-0.25, -0.2) is 0 Å². The van der Waals surface area contributed by atoms with Crippen LogP contribution in [0.25, 0.3) is 11.1 Å². The quantitative estimate of drug-likeness (QED) is 0.222. The maximum atomic E-state index is 10.1. The van der Waals surface area contributed by atoms with E-state index in [4.69, 9.17) is 23.2 Å². The van der Waals surface area contributed by atoms with Gasteiger partial charge >= 0.3 is 0 Å². The number of halogens is 4. The monoisotopic (exact) mass is 574 g/mol. The number of benzene rings is 4. The largest absolute Gasteiger partial charge is 0.506 e. The molecule has 0 saturated carbocycles. The molecule has 1 aliphatic carbocycles. The van der Waals surface area contributed by atoms with E-state index in [1.54, 1.807) is 24.3 Å². The van der Waals surface area contributed by atoms with Crippen molar-refractivity contribution in [1.82, 2.24) is 0 Å². The molecule has 6 heteroatoms. The Bertz CT molecular complexity index is 1320. The van der Waals surface area contributed by atoms with Gasteiger partial charge in [0.05, 0.1) is 15.5 Å². The van der Waals surface area contributed by atoms with Gasteiger partial charge in [0, 0.05) is 8.95 Å². The van der Waals surface area contributed by atoms with Crippen LogP contribution < -0.4 is 0 Å². The fourth-order valence-electron chi connectivity index (χ4n) is 4.57. The molecule has 0 saturated heterocycles. The van der Waals surface area contributed by atoms with Crippen LogP contribution in [-0.4, -0.2) is 10.2 Å². The van der Waals surface area contributed by atoms with Crippen molar-refractivity contribution < 1.29 is 10.2 Å². The predicted molar refractivity (Wildman–Crippen MR) is 132 cm³/mol. The predicted octanol–water partition coefficient (Wildman–Crippen LogP) is 8.29. The number of rotatable bonds is 2. The molecule has 0 radical (unpaired) electrons. The minimum atomic E-state index is -0.775. The molecule has 2 nitrogen and oxygen atoms in total. The number of aromatic hydroxyl groups is 2. The average Bonchev–Trinajstić information content (AvgIpc) is 3.06. The highest BCUT2D eigenvalue weighted by molar-refractivity contribution is 9.13. The van der Waals surface area contributed by atoms with Crippen LogP contribution >= 0.6 is 55.1 Å². The molecule has 0 amide bonds. The summed E-state index contributed by atoms with van der Waals surface area (Å²) < 4.78 is 1.83. The average molecular weight is 577 g/mol. The highest BCUT2D eigenvalue weighted by Gasteiger charge is 2.48. The van der Waals surface area contributed by atoms with E-state index in [-0.39, 0.29) is 21.5 Å². The molecule has 1 aliphatic rings. The normalized spacial score (nSPS) is 13.7. The topological polar surface area (TPSA) is 40.5 Å². The molecule has 4 aromatic carbocycles. The maximum absolute atomic E-state index is 10.1. The van der Waals surface area contributed by atoms with Crippen molar-refractivity contribution in [3.05, 3.63) is 114 Å². The van der Waals surface area contributed by atoms with E-state index < -0.39 is 5.41 Å². The van der Waals surface area contributed by atoms with Crippen LogP contribution in [-0.2, 0) is 5.41 Å². The number of phenols is 2. The lowest BCUT2D eigenvalue weighted by molar-refractivity contribution is 0.475. The molecule has 2 N–H and O–H groups in total. The van der Waals surface area contributed by atoms with Crippen LogP contribution in [0.3, 0.4) is 0 Å². The molecule has 0 atom stereocenters. The van der Waals surface area contributed by atoms with E-state index in [0.717, 1.165) is 42.3 Å². The molecule has 31 heavy (non-hydrogen) atoms. The van der Waals surface area contributed by atoms with E-state index in [1.807, 2.05) is 30.3 Å². The van der Waals surface area contributed by atoms with Gasteiger partial charge in [-0.1, -0.05) is 65.7 Å². The van der Waals surface area contributed by atoms with E-state index in [0.29, 0.717) is 0 Å². The minimum absolute atomic E-state index is 0.0177. The van der Waals surface area contributed by atoms with Gasteiger partial charge in [-0.2, -0.15) is 0 Å². The smallest absolute Gasteiger partial charge is 0.134 e. The lowest BCUT2D eigenvalue weighted by atomic mass is 9.67. The van der Waals surface area contributed by atoms with Crippen LogP contribution in [0.5, 0.6) is 11.5 Å². The Morgan fingerprint density at radius 1 is 0.677 bits per heavy atom. The highest BCUT2D eigenvalue weighted by Crippen LogP contribution is 2.59. The van der Waals surface area contributed by atoms with Gasteiger partial charge in [-0.15, -0.1) is 0 Å². The van der Waals surface area contributed by atoms with Crippen molar-refractivity contribution in [3.8, 4) is 22.6 Å². The number of hydrogen-bond donors (Lipinski definition) is 2. The fourth-order valence-corrected chi connectivity index (χ4v) is 5.90. The Balaban J connectivity index is 2.02. The third-order valence-corrected chi connectivity index (χ3v) is 8.47. The van der Waals surface area contributed by atoms with Crippen LogP contribution in [0.2, 0.25) is 10.0 Å². The summed E-state index contributed by atoms with van der Waals surface area (Å²) in [7, 11) is 0. The Kier molecular flexibility index (Phi) is 5.10. The first kappa shape index (κ1) is 20.9. The molecular weight excluding hydrogens is 563 g/mol. The molecule has 0 heterocycles. The van der Waals surface area contributed by atoms with Crippen molar-refractivity contribution in [3.63, 3.8) is 0 Å². The van der Waals surface area contributed by atoms with Crippen LogP contribution in [0.15, 0.2) is 81.7 Å². The maximum Gasteiger partial charge on any atom is 0.134 e. The van der Waals surface area contributed by atoms with E-state index in [1.165, 1.54) is 0 Å². The number of fused-ring (bicyclic) bond motifs is 3. The first-order valence-electron chi connectivity index (χ1n) is 9.42. The van der Waals surface area contributed by atoms with Crippen molar-refractivity contribution in [2.75, 3.05) is 0 Å². The van der Waals surface area contributed by atoms with Gasteiger partial charge in [0.25, 0.3) is 0 Å². The van der Waals surface area contributed by atoms with E-state index >= 15 is 0 Å². The molecule has 0 aliphatic heterocycles. The zero-order chi connectivity index (χ0) is 21.9. The van der Waals surface area contributed by atoms with Gasteiger partial charge in [0.2, 0.25) is 0 Å². The van der Waals surface area contributed by atoms with Crippen molar-refractivity contribution in [1.29, 1.82) is 0 Å². The Labute approximate surface area is 206 Å². The number of hydrogen-bond acceptors (Lipinski definition) is 2. The lowest BCUT2D eigenvalue weighted by Gasteiger charge is -2.35. The van der Waals surface area contributed by atoms with Gasteiger partial charge in [0.1, 0.15) is 11.5 Å². The van der Waals surface area contributed by atoms with Gasteiger partial charge < -0.3 is 10.2 Å². The summed E-state index contributed by atoms with van der Waals surface area (Å²) in [5.74, 6) is 0.0354. The summed E-state index contributed by atoms with van der Waals surface area (Å²) in [5.41, 5.74) is 5.25. The Hall–Kier alpha value is -1.98. The van der Waals surface area contributed by atoms with Gasteiger partial charge in [-0.3, -0.25) is 0 Å². The van der Waals surface area contributed by atoms with Crippen molar-refractivity contribution in [2.45, 2.75) is 5.41 Å². The van der Waals surface area contributed by atoms with Gasteiger partial charge in [0.15, 0.2) is 0 Å². The first-order chi connectivity index (χ1) is 14.9. The molecule has 0 unspecified atom stereocenters. The zero-order valence-corrected chi connectivity index (χ0v) is 20.5. The molecule has 0 spiro atoms. The summed E-state index contributed by atoms with van der Waals surface area (Å²) in [6, 6.07) is 22.9. The molecule has 0 aromatic heterocycles. The molecule has 0 bridgehead atoms. The summed E-state index contributed by atoms with van der Waals surface area (Å²) in [6.07, 6.45) is 0. The van der Waals surface area contributed by atoms with Crippen LogP contribution in [0.1, 0.15) is 22.3 Å². The van der Waals surface area contributed by atoms with Gasteiger partial charge in [-0.05, 0) is 95.6 Å². The summed E-state index contributed by atoms with van der Waals surface area (Å²) in [4.78, 5) is 0. The lowest BCUT2D eigenvalue weighted by Crippen LogP contribution is -2.29. The zero-order valence-electron chi connectivity index (χ0n) is 15.8. The summed E-state index contributed by atoms with van der Waals surface area (Å²) in [5, 5.41) is 20.7. The van der Waals surface area contributed by atoms with E-state index in [2.05, 4.69) is 50.1 Å². The molecule has 0 fully saturated rings. The minimum Gasteiger partial charge on any atom is -0.506 e. The number of phenolic OH excluding ortho intramolecular Hbond substituents is 2. The second-order valence-electron chi connectivity index (χ2n) is 7.41. The molecule has 4 aromatic rings. The van der Waals surface area contributed by atoms with E-state index in [9.17, 15) is 10.2 Å². The SMILES string of the molecule is Oc1ccc(C2(c3ccc(O)c(Cl)c3)c3ccccc3-c3ccc(Br)c(Br)c32)cc1Cl. The Morgan fingerprint density at radius 2 is 1.26 bits per heavy atom. The van der Waals surface area contributed by atoms with Crippen molar-refractivity contribution >= 4 is 55.1 Å². The fraction of sp³-hybridized carbons (Fsp3) is 0.0400. The van der Waals surface area contributed by atoms with Crippen molar-refractivity contribution in [2.24, 2.45) is 0 Å². The summed E-state index contributed by atoms with van der Waals surface area (Å²) >= 11 is 20.3. The Morgan fingerprint density at radius 3 is 1.84 bits per heavy atom. The second-order valence-corrected chi connectivity index (χ2v) is 9.87. The summed E-state index contributed by atoms with van der Waals surface area (Å²) in [6.45, 7) is 0.